The largest absolute Gasteiger partial charge is 0.282 e. The van der Waals surface area contributed by atoms with Crippen LogP contribution in [0.2, 0.25) is 0 Å². The lowest BCUT2D eigenvalue weighted by molar-refractivity contribution is 0.613. The SMILES string of the molecule is CC[C@H](C)c1nc2ccc(Br)cc2c(=O)n1N=Cc1ccccc1. The van der Waals surface area contributed by atoms with Crippen molar-refractivity contribution in [1.29, 1.82) is 0 Å². The summed E-state index contributed by atoms with van der Waals surface area (Å²) in [5.41, 5.74) is 1.49. The van der Waals surface area contributed by atoms with Crippen LogP contribution >= 0.6 is 15.9 Å². The Morgan fingerprint density at radius 2 is 2.00 bits per heavy atom. The molecule has 0 unspecified atom stereocenters. The molecule has 0 aliphatic rings. The molecule has 4 nitrogen and oxygen atoms in total. The summed E-state index contributed by atoms with van der Waals surface area (Å²) in [6.45, 7) is 4.13. The summed E-state index contributed by atoms with van der Waals surface area (Å²) in [5.74, 6) is 0.822. The number of rotatable bonds is 4. The van der Waals surface area contributed by atoms with Crippen LogP contribution in [0.3, 0.4) is 0 Å². The molecule has 1 heterocycles. The van der Waals surface area contributed by atoms with Crippen molar-refractivity contribution in [2.24, 2.45) is 5.10 Å². The van der Waals surface area contributed by atoms with Crippen LogP contribution in [0.25, 0.3) is 10.9 Å². The van der Waals surface area contributed by atoms with E-state index in [1.807, 2.05) is 42.5 Å². The Hall–Kier alpha value is -2.27. The van der Waals surface area contributed by atoms with Crippen molar-refractivity contribution in [2.75, 3.05) is 0 Å². The lowest BCUT2D eigenvalue weighted by Crippen LogP contribution is -2.23. The van der Waals surface area contributed by atoms with E-state index < -0.39 is 0 Å². The summed E-state index contributed by atoms with van der Waals surface area (Å²) in [7, 11) is 0. The molecule has 2 aromatic carbocycles. The standard InChI is InChI=1S/C19H18BrN3O/c1-3-13(2)18-22-17-10-9-15(20)11-16(17)19(24)23(18)21-12-14-7-5-4-6-8-14/h4-13H,3H2,1-2H3/t13-/m0/s1. The summed E-state index contributed by atoms with van der Waals surface area (Å²) >= 11 is 3.41. The molecule has 1 atom stereocenters. The molecule has 0 radical (unpaired) electrons. The van der Waals surface area contributed by atoms with Crippen LogP contribution in [0, 0.1) is 0 Å². The summed E-state index contributed by atoms with van der Waals surface area (Å²) in [4.78, 5) is 17.6. The highest BCUT2D eigenvalue weighted by molar-refractivity contribution is 9.10. The Balaban J connectivity index is 2.21. The van der Waals surface area contributed by atoms with Gasteiger partial charge in [0.2, 0.25) is 0 Å². The monoisotopic (exact) mass is 383 g/mol. The summed E-state index contributed by atoms with van der Waals surface area (Å²) in [6, 6.07) is 15.3. The van der Waals surface area contributed by atoms with E-state index in [2.05, 4.69) is 39.9 Å². The Morgan fingerprint density at radius 1 is 1.25 bits per heavy atom. The minimum absolute atomic E-state index is 0.138. The first kappa shape index (κ1) is 16.6. The predicted octanol–water partition coefficient (Wildman–Crippen LogP) is 4.55. The van der Waals surface area contributed by atoms with Gasteiger partial charge < -0.3 is 0 Å². The molecule has 0 aliphatic carbocycles. The van der Waals surface area contributed by atoms with Crippen molar-refractivity contribution < 1.29 is 0 Å². The van der Waals surface area contributed by atoms with E-state index in [0.717, 1.165) is 16.5 Å². The topological polar surface area (TPSA) is 47.2 Å². The van der Waals surface area contributed by atoms with E-state index in [9.17, 15) is 4.79 Å². The van der Waals surface area contributed by atoms with Gasteiger partial charge in [0.25, 0.3) is 5.56 Å². The number of benzene rings is 2. The van der Waals surface area contributed by atoms with Gasteiger partial charge in [-0.2, -0.15) is 9.78 Å². The molecule has 0 aliphatic heterocycles. The third-order valence-electron chi connectivity index (χ3n) is 4.01. The minimum atomic E-state index is -0.149. The lowest BCUT2D eigenvalue weighted by atomic mass is 10.1. The smallest absolute Gasteiger partial charge is 0.267 e. The molecule has 24 heavy (non-hydrogen) atoms. The van der Waals surface area contributed by atoms with Crippen LogP contribution in [0.1, 0.15) is 37.6 Å². The number of hydrogen-bond acceptors (Lipinski definition) is 3. The number of fused-ring (bicyclic) bond motifs is 1. The number of hydrogen-bond donors (Lipinski definition) is 0. The molecule has 0 N–H and O–H groups in total. The number of nitrogens with zero attached hydrogens (tertiary/aromatic N) is 3. The van der Waals surface area contributed by atoms with Gasteiger partial charge in [-0.25, -0.2) is 4.98 Å². The molecule has 3 aromatic rings. The van der Waals surface area contributed by atoms with Crippen molar-refractivity contribution in [3.63, 3.8) is 0 Å². The van der Waals surface area contributed by atoms with Crippen LogP contribution in [-0.2, 0) is 0 Å². The van der Waals surface area contributed by atoms with Crippen LogP contribution in [-0.4, -0.2) is 15.9 Å². The molecular weight excluding hydrogens is 366 g/mol. The van der Waals surface area contributed by atoms with Gasteiger partial charge in [-0.3, -0.25) is 4.79 Å². The normalized spacial score (nSPS) is 12.8. The summed E-state index contributed by atoms with van der Waals surface area (Å²) in [5, 5.41) is 4.98. The molecule has 3 rings (SSSR count). The van der Waals surface area contributed by atoms with Gasteiger partial charge in [0, 0.05) is 10.4 Å². The van der Waals surface area contributed by atoms with Crippen molar-refractivity contribution in [2.45, 2.75) is 26.2 Å². The molecule has 0 saturated carbocycles. The maximum Gasteiger partial charge on any atom is 0.282 e. The summed E-state index contributed by atoms with van der Waals surface area (Å²) < 4.78 is 2.28. The van der Waals surface area contributed by atoms with E-state index in [-0.39, 0.29) is 11.5 Å². The first-order valence-electron chi connectivity index (χ1n) is 7.91. The number of aromatic nitrogens is 2. The molecule has 122 valence electrons. The highest BCUT2D eigenvalue weighted by Gasteiger charge is 2.15. The lowest BCUT2D eigenvalue weighted by Gasteiger charge is -2.13. The third kappa shape index (κ3) is 3.31. The van der Waals surface area contributed by atoms with E-state index in [1.54, 1.807) is 12.3 Å². The molecule has 5 heteroatoms. The van der Waals surface area contributed by atoms with Crippen LogP contribution in [0.4, 0.5) is 0 Å². The van der Waals surface area contributed by atoms with Crippen LogP contribution in [0.15, 0.2) is 62.9 Å². The van der Waals surface area contributed by atoms with Crippen molar-refractivity contribution in [3.8, 4) is 0 Å². The Bertz CT molecular complexity index is 948. The predicted molar refractivity (Wildman–Crippen MR) is 102 cm³/mol. The van der Waals surface area contributed by atoms with Crippen LogP contribution in [0.5, 0.6) is 0 Å². The summed E-state index contributed by atoms with van der Waals surface area (Å²) in [6.07, 6.45) is 2.58. The van der Waals surface area contributed by atoms with Crippen LogP contribution < -0.4 is 5.56 Å². The van der Waals surface area contributed by atoms with E-state index in [0.29, 0.717) is 16.7 Å². The molecule has 1 aromatic heterocycles. The van der Waals surface area contributed by atoms with E-state index in [4.69, 9.17) is 0 Å². The number of halogens is 1. The quantitative estimate of drug-likeness (QED) is 0.620. The maximum atomic E-state index is 12.9. The first-order valence-corrected chi connectivity index (χ1v) is 8.71. The van der Waals surface area contributed by atoms with Crippen molar-refractivity contribution >= 4 is 33.0 Å². The second-order valence-corrected chi connectivity index (χ2v) is 6.63. The van der Waals surface area contributed by atoms with Gasteiger partial charge in [0.1, 0.15) is 5.82 Å². The fourth-order valence-electron chi connectivity index (χ4n) is 2.44. The molecule has 0 bridgehead atoms. The third-order valence-corrected chi connectivity index (χ3v) is 4.50. The van der Waals surface area contributed by atoms with E-state index >= 15 is 0 Å². The first-order chi connectivity index (χ1) is 11.6. The zero-order valence-corrected chi connectivity index (χ0v) is 15.2. The molecule has 0 spiro atoms. The van der Waals surface area contributed by atoms with Gasteiger partial charge in [-0.15, -0.1) is 0 Å². The average Bonchev–Trinajstić information content (AvgIpc) is 2.61. The van der Waals surface area contributed by atoms with Gasteiger partial charge >= 0.3 is 0 Å². The molecular formula is C19H18BrN3O. The Labute approximate surface area is 149 Å². The second kappa shape index (κ2) is 7.09. The van der Waals surface area contributed by atoms with Gasteiger partial charge in [-0.1, -0.05) is 60.1 Å². The maximum absolute atomic E-state index is 12.9. The van der Waals surface area contributed by atoms with Gasteiger partial charge in [-0.05, 0) is 30.2 Å². The van der Waals surface area contributed by atoms with E-state index in [1.165, 1.54) is 4.68 Å². The Morgan fingerprint density at radius 3 is 2.71 bits per heavy atom. The highest BCUT2D eigenvalue weighted by Crippen LogP contribution is 2.20. The van der Waals surface area contributed by atoms with Gasteiger partial charge in [0.05, 0.1) is 17.1 Å². The fraction of sp³-hybridized carbons (Fsp3) is 0.211. The van der Waals surface area contributed by atoms with Gasteiger partial charge in [0.15, 0.2) is 0 Å². The highest BCUT2D eigenvalue weighted by atomic mass is 79.9. The Kier molecular flexibility index (Phi) is 4.90. The zero-order valence-electron chi connectivity index (χ0n) is 13.6. The zero-order chi connectivity index (χ0) is 17.1. The molecule has 0 amide bonds. The molecule has 0 fully saturated rings. The fourth-order valence-corrected chi connectivity index (χ4v) is 2.80. The second-order valence-electron chi connectivity index (χ2n) is 5.71. The average molecular weight is 384 g/mol. The minimum Gasteiger partial charge on any atom is -0.267 e. The van der Waals surface area contributed by atoms with Crippen molar-refractivity contribution in [1.82, 2.24) is 9.66 Å². The van der Waals surface area contributed by atoms with Crippen molar-refractivity contribution in [3.05, 3.63) is 74.7 Å². The molecule has 0 saturated heterocycles.